The van der Waals surface area contributed by atoms with Gasteiger partial charge in [0, 0.05) is 64.3 Å². The molecule has 5 rings (SSSR count). The van der Waals surface area contributed by atoms with Crippen molar-refractivity contribution in [3.63, 3.8) is 0 Å². The number of hydrogen-bond acceptors (Lipinski definition) is 6. The number of Topliss-reactive ketones (excluding diaryl/α,β-unsaturated/α-hetero) is 2. The number of anilines is 1. The maximum Gasteiger partial charge on any atom is 0.410 e. The minimum Gasteiger partial charge on any atom is -0.430 e. The van der Waals surface area contributed by atoms with Crippen LogP contribution in [-0.2, 0) is 20.9 Å². The lowest BCUT2D eigenvalue weighted by atomic mass is 9.97. The molecule has 0 aromatic heterocycles. The fraction of sp³-hybridized carbons (Fsp3) is 0.654. The molecular formula is C26H35N3O4. The van der Waals surface area contributed by atoms with E-state index < -0.39 is 12.2 Å². The van der Waals surface area contributed by atoms with E-state index in [4.69, 9.17) is 4.74 Å². The molecule has 3 saturated heterocycles. The van der Waals surface area contributed by atoms with E-state index >= 15 is 0 Å². The van der Waals surface area contributed by atoms with Gasteiger partial charge in [-0.1, -0.05) is 19.1 Å². The van der Waals surface area contributed by atoms with Gasteiger partial charge in [-0.05, 0) is 54.7 Å². The number of ketones is 2. The lowest BCUT2D eigenvalue weighted by Gasteiger charge is -2.34. The summed E-state index contributed by atoms with van der Waals surface area (Å²) in [6.07, 6.45) is 1.22. The molecule has 7 nitrogen and oxygen atoms in total. The average molecular weight is 454 g/mol. The van der Waals surface area contributed by atoms with Gasteiger partial charge in [-0.15, -0.1) is 0 Å². The van der Waals surface area contributed by atoms with E-state index in [1.54, 1.807) is 4.90 Å². The zero-order valence-electron chi connectivity index (χ0n) is 19.8. The molecule has 1 aromatic rings. The quantitative estimate of drug-likeness (QED) is 0.653. The van der Waals surface area contributed by atoms with Crippen LogP contribution in [0.2, 0.25) is 0 Å². The predicted molar refractivity (Wildman–Crippen MR) is 125 cm³/mol. The summed E-state index contributed by atoms with van der Waals surface area (Å²) in [5.74, 6) is 1.12. The van der Waals surface area contributed by atoms with Crippen molar-refractivity contribution in [3.8, 4) is 0 Å². The van der Waals surface area contributed by atoms with Crippen molar-refractivity contribution in [1.82, 2.24) is 9.80 Å². The maximum atomic E-state index is 12.5. The smallest absolute Gasteiger partial charge is 0.410 e. The number of ether oxygens (including phenoxy) is 1. The molecular weight excluding hydrogens is 418 g/mol. The highest BCUT2D eigenvalue weighted by atomic mass is 16.6. The number of rotatable bonds is 4. The van der Waals surface area contributed by atoms with Crippen molar-refractivity contribution in [3.05, 3.63) is 29.3 Å². The number of carbonyl (C=O) groups is 3. The largest absolute Gasteiger partial charge is 0.430 e. The molecule has 3 heterocycles. The number of piperidine rings is 1. The number of amides is 1. The van der Waals surface area contributed by atoms with Crippen LogP contribution >= 0.6 is 0 Å². The zero-order chi connectivity index (χ0) is 23.1. The summed E-state index contributed by atoms with van der Waals surface area (Å²) in [7, 11) is 0. The van der Waals surface area contributed by atoms with Crippen LogP contribution in [0.5, 0.6) is 0 Å². The van der Waals surface area contributed by atoms with Gasteiger partial charge in [-0.3, -0.25) is 14.5 Å². The molecule has 2 atom stereocenters. The molecule has 178 valence electrons. The number of carbonyl (C=O) groups excluding carboxylic acids is 3. The zero-order valence-corrected chi connectivity index (χ0v) is 19.8. The minimum atomic E-state index is -1.17. The van der Waals surface area contributed by atoms with Crippen molar-refractivity contribution in [2.24, 2.45) is 17.8 Å². The topological polar surface area (TPSA) is 70.2 Å². The van der Waals surface area contributed by atoms with Crippen LogP contribution in [0, 0.1) is 24.7 Å². The third-order valence-corrected chi connectivity index (χ3v) is 8.18. The Morgan fingerprint density at radius 2 is 1.64 bits per heavy atom. The van der Waals surface area contributed by atoms with Gasteiger partial charge in [-0.25, -0.2) is 4.79 Å². The Hall–Kier alpha value is -2.41. The highest BCUT2D eigenvalue weighted by Crippen LogP contribution is 2.34. The number of benzene rings is 1. The predicted octanol–water partition coefficient (Wildman–Crippen LogP) is 3.03. The Labute approximate surface area is 196 Å². The summed E-state index contributed by atoms with van der Waals surface area (Å²) >= 11 is 0. The summed E-state index contributed by atoms with van der Waals surface area (Å²) in [6.45, 7) is 11.0. The van der Waals surface area contributed by atoms with Gasteiger partial charge in [-0.2, -0.15) is 0 Å². The molecule has 4 aliphatic rings. The SMILES string of the molecule is Cc1c(CN2CC3CN(C(=O)OC4C(=O)CCC4=O)CC3C2)cccc1N1CCC(C)CC1. The highest BCUT2D eigenvalue weighted by molar-refractivity contribution is 6.12. The molecule has 1 saturated carbocycles. The standard InChI is InChI=1S/C26H35N3O4/c1-17-8-10-28(11-9-17)22-5-3-4-19(18(22)2)12-27-13-20-15-29(16-21(20)14-27)26(32)33-25-23(30)6-7-24(25)31/h3-5,17,20-21,25H,6-16H2,1-2H3. The van der Waals surface area contributed by atoms with Crippen LogP contribution in [-0.4, -0.2) is 72.8 Å². The summed E-state index contributed by atoms with van der Waals surface area (Å²) in [5.41, 5.74) is 4.16. The van der Waals surface area contributed by atoms with E-state index in [0.29, 0.717) is 24.9 Å². The van der Waals surface area contributed by atoms with Crippen LogP contribution < -0.4 is 4.90 Å². The van der Waals surface area contributed by atoms with E-state index in [9.17, 15) is 14.4 Å². The second kappa shape index (κ2) is 9.09. The van der Waals surface area contributed by atoms with Gasteiger partial charge in [0.05, 0.1) is 0 Å². The summed E-state index contributed by atoms with van der Waals surface area (Å²) in [4.78, 5) is 42.8. The molecule has 1 amide bonds. The van der Waals surface area contributed by atoms with Gasteiger partial charge in [0.2, 0.25) is 6.10 Å². The summed E-state index contributed by atoms with van der Waals surface area (Å²) in [5, 5.41) is 0. The van der Waals surface area contributed by atoms with E-state index in [-0.39, 0.29) is 24.4 Å². The molecule has 0 bridgehead atoms. The first-order valence-electron chi connectivity index (χ1n) is 12.5. The summed E-state index contributed by atoms with van der Waals surface area (Å²) < 4.78 is 5.27. The van der Waals surface area contributed by atoms with Crippen molar-refractivity contribution in [2.45, 2.75) is 52.2 Å². The molecule has 1 aliphatic carbocycles. The van der Waals surface area contributed by atoms with E-state index in [0.717, 1.165) is 38.6 Å². The van der Waals surface area contributed by atoms with Crippen LogP contribution in [0.3, 0.4) is 0 Å². The van der Waals surface area contributed by atoms with E-state index in [1.807, 2.05) is 0 Å². The van der Waals surface area contributed by atoms with Crippen molar-refractivity contribution in [1.29, 1.82) is 0 Å². The Morgan fingerprint density at radius 1 is 1.00 bits per heavy atom. The van der Waals surface area contributed by atoms with Gasteiger partial charge in [0.1, 0.15) is 0 Å². The molecule has 2 unspecified atom stereocenters. The number of fused-ring (bicyclic) bond motifs is 1. The average Bonchev–Trinajstić information content (AvgIpc) is 3.45. The molecule has 7 heteroatoms. The molecule has 4 fully saturated rings. The molecule has 0 spiro atoms. The monoisotopic (exact) mass is 453 g/mol. The van der Waals surface area contributed by atoms with Crippen LogP contribution in [0.15, 0.2) is 18.2 Å². The van der Waals surface area contributed by atoms with E-state index in [2.05, 4.69) is 41.8 Å². The first-order valence-corrected chi connectivity index (χ1v) is 12.5. The number of nitrogens with zero attached hydrogens (tertiary/aromatic N) is 3. The van der Waals surface area contributed by atoms with Gasteiger partial charge < -0.3 is 14.5 Å². The molecule has 0 radical (unpaired) electrons. The third kappa shape index (κ3) is 4.52. The van der Waals surface area contributed by atoms with Gasteiger partial charge in [0.15, 0.2) is 11.6 Å². The fourth-order valence-corrected chi connectivity index (χ4v) is 6.04. The Morgan fingerprint density at radius 3 is 2.27 bits per heavy atom. The van der Waals surface area contributed by atoms with Gasteiger partial charge >= 0.3 is 6.09 Å². The van der Waals surface area contributed by atoms with Crippen LogP contribution in [0.25, 0.3) is 0 Å². The molecule has 3 aliphatic heterocycles. The number of hydrogen-bond donors (Lipinski definition) is 0. The molecule has 1 aromatic carbocycles. The van der Waals surface area contributed by atoms with E-state index in [1.165, 1.54) is 29.7 Å². The lowest BCUT2D eigenvalue weighted by Crippen LogP contribution is -2.38. The molecule has 0 N–H and O–H groups in total. The highest BCUT2D eigenvalue weighted by Gasteiger charge is 2.44. The number of likely N-dealkylation sites (tertiary alicyclic amines) is 2. The molecule has 33 heavy (non-hydrogen) atoms. The second-order valence-electron chi connectivity index (χ2n) is 10.5. The third-order valence-electron chi connectivity index (χ3n) is 8.18. The Bertz CT molecular complexity index is 909. The normalized spacial score (nSPS) is 27.0. The minimum absolute atomic E-state index is 0.189. The van der Waals surface area contributed by atoms with Gasteiger partial charge in [0.25, 0.3) is 0 Å². The second-order valence-corrected chi connectivity index (χ2v) is 10.5. The van der Waals surface area contributed by atoms with Crippen molar-refractivity contribution in [2.75, 3.05) is 44.2 Å². The first kappa shape index (κ1) is 22.4. The fourth-order valence-electron chi connectivity index (χ4n) is 6.04. The van der Waals surface area contributed by atoms with Crippen LogP contribution in [0.1, 0.15) is 43.7 Å². The lowest BCUT2D eigenvalue weighted by molar-refractivity contribution is -0.133. The Kier molecular flexibility index (Phi) is 6.16. The first-order chi connectivity index (χ1) is 15.9. The van der Waals surface area contributed by atoms with Crippen molar-refractivity contribution < 1.29 is 19.1 Å². The maximum absolute atomic E-state index is 12.5. The summed E-state index contributed by atoms with van der Waals surface area (Å²) in [6, 6.07) is 6.70. The Balaban J connectivity index is 1.16. The van der Waals surface area contributed by atoms with Crippen LogP contribution in [0.4, 0.5) is 10.5 Å². The van der Waals surface area contributed by atoms with Crippen molar-refractivity contribution >= 4 is 23.3 Å².